The Hall–Kier alpha value is -4.01. The molecule has 2 heterocycles. The SMILES string of the molecule is C=Cn1nc(-c2c[nH]c(=O)[nH]c2=O)cc([C@H]2C[C@@H]2c2cccc(C(=O)N(C)C)c2)c1=NC. The summed E-state index contributed by atoms with van der Waals surface area (Å²) < 4.78 is 1.54. The number of benzene rings is 1. The molecule has 1 saturated carbocycles. The van der Waals surface area contributed by atoms with Gasteiger partial charge in [-0.3, -0.25) is 19.6 Å². The Labute approximate surface area is 183 Å². The average Bonchev–Trinajstić information content (AvgIpc) is 3.58. The number of H-pyrrole nitrogens is 2. The average molecular weight is 432 g/mol. The van der Waals surface area contributed by atoms with Gasteiger partial charge < -0.3 is 9.88 Å². The first-order valence-corrected chi connectivity index (χ1v) is 10.2. The molecule has 0 saturated heterocycles. The van der Waals surface area contributed by atoms with E-state index in [4.69, 9.17) is 0 Å². The number of carbonyl (C=O) groups is 1. The predicted octanol–water partition coefficient (Wildman–Crippen LogP) is 1.53. The number of aromatic amines is 2. The lowest BCUT2D eigenvalue weighted by Gasteiger charge is -2.12. The summed E-state index contributed by atoms with van der Waals surface area (Å²) in [6.07, 6.45) is 3.76. The summed E-state index contributed by atoms with van der Waals surface area (Å²) in [5.74, 6) is 0.322. The normalized spacial score (nSPS) is 17.8. The number of nitrogens with zero attached hydrogens (tertiary/aromatic N) is 4. The Morgan fingerprint density at radius 3 is 2.72 bits per heavy atom. The summed E-state index contributed by atoms with van der Waals surface area (Å²) in [6.45, 7) is 3.81. The monoisotopic (exact) mass is 432 g/mol. The van der Waals surface area contributed by atoms with E-state index in [1.165, 1.54) is 17.1 Å². The molecule has 164 valence electrons. The molecule has 4 rings (SSSR count). The number of carbonyl (C=O) groups excluding carboxylic acids is 1. The molecule has 0 aliphatic heterocycles. The molecular weight excluding hydrogens is 408 g/mol. The third-order valence-corrected chi connectivity index (χ3v) is 5.62. The minimum Gasteiger partial charge on any atom is -0.345 e. The zero-order valence-corrected chi connectivity index (χ0v) is 18.1. The quantitative estimate of drug-likeness (QED) is 0.636. The molecule has 32 heavy (non-hydrogen) atoms. The minimum atomic E-state index is -0.579. The number of rotatable bonds is 5. The van der Waals surface area contributed by atoms with Gasteiger partial charge in [-0.2, -0.15) is 5.10 Å². The first-order valence-electron chi connectivity index (χ1n) is 10.2. The topological polar surface area (TPSA) is 116 Å². The van der Waals surface area contributed by atoms with Gasteiger partial charge in [-0.25, -0.2) is 9.48 Å². The van der Waals surface area contributed by atoms with Crippen LogP contribution in [0.25, 0.3) is 17.5 Å². The second-order valence-corrected chi connectivity index (χ2v) is 7.92. The molecule has 2 aromatic heterocycles. The van der Waals surface area contributed by atoms with Crippen LogP contribution in [0.1, 0.15) is 39.7 Å². The van der Waals surface area contributed by atoms with Crippen molar-refractivity contribution in [3.8, 4) is 11.3 Å². The highest BCUT2D eigenvalue weighted by Crippen LogP contribution is 2.54. The van der Waals surface area contributed by atoms with Gasteiger partial charge in [0.2, 0.25) is 0 Å². The van der Waals surface area contributed by atoms with Crippen molar-refractivity contribution in [1.82, 2.24) is 24.6 Å². The summed E-state index contributed by atoms with van der Waals surface area (Å²) in [4.78, 5) is 46.8. The van der Waals surface area contributed by atoms with E-state index in [0.29, 0.717) is 16.7 Å². The summed E-state index contributed by atoms with van der Waals surface area (Å²) in [5.41, 5.74) is 2.86. The Bertz CT molecular complexity index is 1400. The van der Waals surface area contributed by atoms with E-state index in [0.717, 1.165) is 17.5 Å². The van der Waals surface area contributed by atoms with Crippen LogP contribution in [0.15, 0.2) is 57.7 Å². The van der Waals surface area contributed by atoms with Gasteiger partial charge in [-0.05, 0) is 42.0 Å². The summed E-state index contributed by atoms with van der Waals surface area (Å²) in [5, 5.41) is 4.46. The lowest BCUT2D eigenvalue weighted by molar-refractivity contribution is 0.0827. The van der Waals surface area contributed by atoms with Gasteiger partial charge in [0.05, 0.1) is 11.3 Å². The lowest BCUT2D eigenvalue weighted by atomic mass is 10.0. The first-order chi connectivity index (χ1) is 15.3. The highest BCUT2D eigenvalue weighted by Gasteiger charge is 2.41. The summed E-state index contributed by atoms with van der Waals surface area (Å²) >= 11 is 0. The zero-order chi connectivity index (χ0) is 23.0. The van der Waals surface area contributed by atoms with E-state index < -0.39 is 11.2 Å². The van der Waals surface area contributed by atoms with Crippen LogP contribution in [0.3, 0.4) is 0 Å². The molecule has 0 radical (unpaired) electrons. The van der Waals surface area contributed by atoms with Gasteiger partial charge in [0.15, 0.2) is 5.49 Å². The van der Waals surface area contributed by atoms with Crippen LogP contribution in [-0.2, 0) is 0 Å². The van der Waals surface area contributed by atoms with Gasteiger partial charge in [0.25, 0.3) is 11.5 Å². The van der Waals surface area contributed by atoms with Crippen molar-refractivity contribution in [3.05, 3.63) is 86.1 Å². The van der Waals surface area contributed by atoms with Crippen LogP contribution >= 0.6 is 0 Å². The smallest absolute Gasteiger partial charge is 0.325 e. The van der Waals surface area contributed by atoms with Gasteiger partial charge in [0.1, 0.15) is 0 Å². The van der Waals surface area contributed by atoms with Crippen LogP contribution in [0, 0.1) is 0 Å². The Morgan fingerprint density at radius 2 is 2.06 bits per heavy atom. The van der Waals surface area contributed by atoms with Crippen molar-refractivity contribution < 1.29 is 4.79 Å². The fraction of sp³-hybridized carbons (Fsp3) is 0.261. The molecule has 3 aromatic rings. The molecular formula is C23H24N6O3. The second-order valence-electron chi connectivity index (χ2n) is 7.92. The van der Waals surface area contributed by atoms with Gasteiger partial charge in [0, 0.05) is 44.7 Å². The van der Waals surface area contributed by atoms with E-state index in [-0.39, 0.29) is 23.3 Å². The highest BCUT2D eigenvalue weighted by atomic mass is 16.2. The molecule has 0 bridgehead atoms. The highest BCUT2D eigenvalue weighted by molar-refractivity contribution is 5.94. The third kappa shape index (κ3) is 3.84. The summed E-state index contributed by atoms with van der Waals surface area (Å²) in [7, 11) is 5.14. The van der Waals surface area contributed by atoms with Gasteiger partial charge in [-0.1, -0.05) is 18.7 Å². The maximum absolute atomic E-state index is 12.4. The number of hydrogen-bond donors (Lipinski definition) is 2. The van der Waals surface area contributed by atoms with Crippen LogP contribution in [0.5, 0.6) is 0 Å². The fourth-order valence-corrected chi connectivity index (χ4v) is 3.97. The standard InChI is InChI=1S/C23H24N6O3/c1-5-29-20(24-2)17(11-19(27-29)18-12-25-23(32)26-21(18)30)16-10-15(16)13-7-6-8-14(9-13)22(31)28(3)4/h5-9,11-12,15-16H,1,10H2,2-4H3,(H2,25,26,30,32)/t15-,16+/m1/s1. The van der Waals surface area contributed by atoms with Crippen molar-refractivity contribution in [1.29, 1.82) is 0 Å². The Morgan fingerprint density at radius 1 is 1.28 bits per heavy atom. The van der Waals surface area contributed by atoms with Crippen molar-refractivity contribution in [2.75, 3.05) is 21.1 Å². The van der Waals surface area contributed by atoms with E-state index in [1.807, 2.05) is 30.3 Å². The summed E-state index contributed by atoms with van der Waals surface area (Å²) in [6, 6.07) is 9.51. The molecule has 1 aromatic carbocycles. The van der Waals surface area contributed by atoms with Gasteiger partial charge in [-0.15, -0.1) is 0 Å². The maximum Gasteiger partial charge on any atom is 0.325 e. The minimum absolute atomic E-state index is 0.0405. The number of aromatic nitrogens is 4. The Balaban J connectivity index is 1.77. The van der Waals surface area contributed by atoms with Crippen molar-refractivity contribution >= 4 is 12.1 Å². The molecule has 1 aliphatic carbocycles. The van der Waals surface area contributed by atoms with E-state index in [2.05, 4.69) is 26.6 Å². The second kappa shape index (κ2) is 8.26. The molecule has 1 fully saturated rings. The third-order valence-electron chi connectivity index (χ3n) is 5.62. The predicted molar refractivity (Wildman–Crippen MR) is 121 cm³/mol. The van der Waals surface area contributed by atoms with Crippen molar-refractivity contribution in [3.63, 3.8) is 0 Å². The zero-order valence-electron chi connectivity index (χ0n) is 18.1. The molecule has 1 amide bonds. The van der Waals surface area contributed by atoms with Crippen LogP contribution in [-0.4, -0.2) is 51.7 Å². The largest absolute Gasteiger partial charge is 0.345 e. The molecule has 9 heteroatoms. The number of amides is 1. The maximum atomic E-state index is 12.4. The van der Waals surface area contributed by atoms with E-state index in [1.54, 1.807) is 26.0 Å². The fourth-order valence-electron chi connectivity index (χ4n) is 3.97. The molecule has 9 nitrogen and oxygen atoms in total. The number of hydrogen-bond acceptors (Lipinski definition) is 5. The van der Waals surface area contributed by atoms with Crippen LogP contribution in [0.2, 0.25) is 0 Å². The van der Waals surface area contributed by atoms with Crippen LogP contribution < -0.4 is 16.7 Å². The molecule has 2 N–H and O–H groups in total. The molecule has 1 aliphatic rings. The van der Waals surface area contributed by atoms with E-state index in [9.17, 15) is 14.4 Å². The van der Waals surface area contributed by atoms with Crippen molar-refractivity contribution in [2.24, 2.45) is 4.99 Å². The first kappa shape index (κ1) is 21.2. The molecule has 2 atom stereocenters. The molecule has 0 spiro atoms. The van der Waals surface area contributed by atoms with Gasteiger partial charge >= 0.3 is 5.69 Å². The van der Waals surface area contributed by atoms with Crippen LogP contribution in [0.4, 0.5) is 0 Å². The number of nitrogens with one attached hydrogen (secondary N) is 2. The van der Waals surface area contributed by atoms with Crippen molar-refractivity contribution in [2.45, 2.75) is 18.3 Å². The molecule has 0 unspecified atom stereocenters. The lowest BCUT2D eigenvalue weighted by Crippen LogP contribution is -2.27. The Kier molecular flexibility index (Phi) is 5.48. The van der Waals surface area contributed by atoms with E-state index >= 15 is 0 Å².